The number of rotatable bonds is 1. The van der Waals surface area contributed by atoms with Crippen molar-refractivity contribution >= 4 is 21.6 Å². The predicted octanol–water partition coefficient (Wildman–Crippen LogP) is 4.32. The van der Waals surface area contributed by atoms with Crippen LogP contribution in [0.25, 0.3) is 21.3 Å². The molecule has 0 radical (unpaired) electrons. The second-order valence-electron chi connectivity index (χ2n) is 5.07. The first kappa shape index (κ1) is 11.6. The van der Waals surface area contributed by atoms with Gasteiger partial charge in [-0.25, -0.2) is 4.98 Å². The van der Waals surface area contributed by atoms with E-state index in [2.05, 4.69) is 23.2 Å². The molecule has 1 aliphatic rings. The molecule has 2 nitrogen and oxygen atoms in total. The molecule has 0 aliphatic heterocycles. The first-order chi connectivity index (χ1) is 9.86. The normalized spacial score (nSPS) is 13.3. The largest absolute Gasteiger partial charge is 0.226 e. The van der Waals surface area contributed by atoms with Crippen molar-refractivity contribution in [3.05, 3.63) is 52.5 Å². The highest BCUT2D eigenvalue weighted by Crippen LogP contribution is 2.41. The van der Waals surface area contributed by atoms with Crippen LogP contribution in [0.5, 0.6) is 0 Å². The van der Waals surface area contributed by atoms with Gasteiger partial charge in [0.25, 0.3) is 0 Å². The number of pyridine rings is 1. The summed E-state index contributed by atoms with van der Waals surface area (Å²) in [5, 5.41) is 10.5. The molecule has 4 rings (SSSR count). The predicted molar refractivity (Wildman–Crippen MR) is 81.8 cm³/mol. The zero-order valence-electron chi connectivity index (χ0n) is 10.9. The third-order valence-electron chi connectivity index (χ3n) is 3.87. The number of hydrogen-bond donors (Lipinski definition) is 0. The summed E-state index contributed by atoms with van der Waals surface area (Å²) in [5.41, 5.74) is 4.30. The molecule has 2 aromatic heterocycles. The van der Waals surface area contributed by atoms with E-state index in [1.807, 2.05) is 24.3 Å². The maximum Gasteiger partial charge on any atom is 0.142 e. The van der Waals surface area contributed by atoms with E-state index in [1.54, 1.807) is 11.3 Å². The minimum absolute atomic E-state index is 0.510. The summed E-state index contributed by atoms with van der Waals surface area (Å²) in [5.74, 6) is 0. The highest BCUT2D eigenvalue weighted by Gasteiger charge is 2.21. The van der Waals surface area contributed by atoms with Crippen molar-refractivity contribution in [2.45, 2.75) is 19.3 Å². The van der Waals surface area contributed by atoms with Crippen molar-refractivity contribution in [1.29, 1.82) is 5.26 Å². The minimum atomic E-state index is 0.510. The van der Waals surface area contributed by atoms with E-state index in [0.717, 1.165) is 23.2 Å². The van der Waals surface area contributed by atoms with Crippen LogP contribution in [0.1, 0.15) is 22.6 Å². The van der Waals surface area contributed by atoms with E-state index >= 15 is 0 Å². The van der Waals surface area contributed by atoms with E-state index in [1.165, 1.54) is 27.8 Å². The second-order valence-corrected chi connectivity index (χ2v) is 6.15. The first-order valence-corrected chi connectivity index (χ1v) is 7.59. The van der Waals surface area contributed by atoms with Gasteiger partial charge >= 0.3 is 0 Å². The van der Waals surface area contributed by atoms with E-state index in [4.69, 9.17) is 0 Å². The van der Waals surface area contributed by atoms with Gasteiger partial charge in [0.2, 0.25) is 0 Å². The number of hydrogen-bond acceptors (Lipinski definition) is 3. The van der Waals surface area contributed by atoms with Crippen LogP contribution >= 0.6 is 11.3 Å². The zero-order valence-corrected chi connectivity index (χ0v) is 11.7. The van der Waals surface area contributed by atoms with Gasteiger partial charge in [0.05, 0.1) is 0 Å². The Labute approximate surface area is 121 Å². The van der Waals surface area contributed by atoms with E-state index < -0.39 is 0 Å². The lowest BCUT2D eigenvalue weighted by atomic mass is 9.99. The van der Waals surface area contributed by atoms with E-state index in [-0.39, 0.29) is 0 Å². The van der Waals surface area contributed by atoms with Crippen molar-refractivity contribution in [3.63, 3.8) is 0 Å². The summed E-state index contributed by atoms with van der Waals surface area (Å²) in [6.45, 7) is 0. The lowest BCUT2D eigenvalue weighted by molar-refractivity contribution is 0.917. The van der Waals surface area contributed by atoms with Gasteiger partial charge in [0.15, 0.2) is 0 Å². The van der Waals surface area contributed by atoms with E-state index in [9.17, 15) is 5.26 Å². The Kier molecular flexibility index (Phi) is 2.58. The van der Waals surface area contributed by atoms with Crippen LogP contribution < -0.4 is 0 Å². The fraction of sp³-hybridized carbons (Fsp3) is 0.176. The molecule has 1 aliphatic carbocycles. The van der Waals surface area contributed by atoms with Crippen molar-refractivity contribution in [2.24, 2.45) is 0 Å². The van der Waals surface area contributed by atoms with Crippen molar-refractivity contribution in [3.8, 4) is 17.2 Å². The van der Waals surface area contributed by atoms with Gasteiger partial charge in [-0.2, -0.15) is 5.26 Å². The zero-order chi connectivity index (χ0) is 13.5. The highest BCUT2D eigenvalue weighted by atomic mass is 32.1. The summed E-state index contributed by atoms with van der Waals surface area (Å²) in [7, 11) is 0. The highest BCUT2D eigenvalue weighted by molar-refractivity contribution is 7.19. The molecule has 96 valence electrons. The Bertz CT molecular complexity index is 841. The fourth-order valence-electron chi connectivity index (χ4n) is 3.00. The Balaban J connectivity index is 2.10. The van der Waals surface area contributed by atoms with Gasteiger partial charge in [-0.05, 0) is 42.0 Å². The third-order valence-corrected chi connectivity index (χ3v) is 5.06. The number of nitrogens with zero attached hydrogens (tertiary/aromatic N) is 2. The lowest BCUT2D eigenvalue weighted by Crippen LogP contribution is -1.88. The molecule has 0 spiro atoms. The van der Waals surface area contributed by atoms with Gasteiger partial charge < -0.3 is 0 Å². The summed E-state index contributed by atoms with van der Waals surface area (Å²) in [4.78, 5) is 6.98. The lowest BCUT2D eigenvalue weighted by Gasteiger charge is -2.06. The molecular weight excluding hydrogens is 264 g/mol. The van der Waals surface area contributed by atoms with Gasteiger partial charge in [0.1, 0.15) is 16.6 Å². The van der Waals surface area contributed by atoms with Gasteiger partial charge in [-0.15, -0.1) is 11.3 Å². The molecule has 0 amide bonds. The third kappa shape index (κ3) is 1.65. The van der Waals surface area contributed by atoms with Crippen LogP contribution in [-0.2, 0) is 12.8 Å². The molecule has 3 heteroatoms. The van der Waals surface area contributed by atoms with Crippen LogP contribution in [0.2, 0.25) is 0 Å². The molecule has 0 saturated heterocycles. The monoisotopic (exact) mass is 276 g/mol. The molecule has 2 heterocycles. The summed E-state index contributed by atoms with van der Waals surface area (Å²) in [6.07, 6.45) is 3.54. The smallest absolute Gasteiger partial charge is 0.142 e. The fourth-order valence-corrected chi connectivity index (χ4v) is 4.29. The molecule has 0 saturated carbocycles. The van der Waals surface area contributed by atoms with Crippen LogP contribution in [0.15, 0.2) is 36.4 Å². The number of aryl methyl sites for hydroxylation is 2. The topological polar surface area (TPSA) is 36.7 Å². The van der Waals surface area contributed by atoms with Crippen LogP contribution in [0.3, 0.4) is 0 Å². The molecule has 3 aromatic rings. The standard InChI is InChI=1S/C17H12N2S/c18-10-12-9-14(11-5-2-1-3-6-11)16-13-7-4-8-15(13)20-17(16)19-12/h1-3,5-6,9H,4,7-8H2. The number of thiophene rings is 1. The van der Waals surface area contributed by atoms with Crippen LogP contribution in [0, 0.1) is 11.3 Å². The molecule has 0 bridgehead atoms. The average Bonchev–Trinajstić information content (AvgIpc) is 3.07. The molecule has 20 heavy (non-hydrogen) atoms. The molecule has 0 atom stereocenters. The minimum Gasteiger partial charge on any atom is -0.226 e. The van der Waals surface area contributed by atoms with Crippen molar-refractivity contribution in [1.82, 2.24) is 4.98 Å². The van der Waals surface area contributed by atoms with E-state index in [0.29, 0.717) is 5.69 Å². The molecule has 0 N–H and O–H groups in total. The summed E-state index contributed by atoms with van der Waals surface area (Å²) >= 11 is 1.76. The molecular formula is C17H12N2S. The van der Waals surface area contributed by atoms with Gasteiger partial charge in [-0.1, -0.05) is 30.3 Å². The molecule has 1 aromatic carbocycles. The Morgan fingerprint density at radius 3 is 2.80 bits per heavy atom. The number of benzene rings is 1. The van der Waals surface area contributed by atoms with Crippen molar-refractivity contribution in [2.75, 3.05) is 0 Å². The Morgan fingerprint density at radius 1 is 1.15 bits per heavy atom. The van der Waals surface area contributed by atoms with Gasteiger partial charge in [0, 0.05) is 10.3 Å². The van der Waals surface area contributed by atoms with Crippen molar-refractivity contribution < 1.29 is 0 Å². The average molecular weight is 276 g/mol. The Hall–Kier alpha value is -2.18. The number of aromatic nitrogens is 1. The van der Waals surface area contributed by atoms with Crippen LogP contribution in [-0.4, -0.2) is 4.98 Å². The maximum atomic E-state index is 9.21. The van der Waals surface area contributed by atoms with Crippen LogP contribution in [0.4, 0.5) is 0 Å². The summed E-state index contributed by atoms with van der Waals surface area (Å²) < 4.78 is 0. The summed E-state index contributed by atoms with van der Waals surface area (Å²) in [6, 6.07) is 14.4. The first-order valence-electron chi connectivity index (χ1n) is 6.77. The quantitative estimate of drug-likeness (QED) is 0.663. The maximum absolute atomic E-state index is 9.21. The Morgan fingerprint density at radius 2 is 2.00 bits per heavy atom. The second kappa shape index (κ2) is 4.43. The SMILES string of the molecule is N#Cc1cc(-c2ccccc2)c2c3c(sc2n1)CCC3. The molecule has 0 fully saturated rings. The number of fused-ring (bicyclic) bond motifs is 3. The molecule has 0 unspecified atom stereocenters. The van der Waals surface area contributed by atoms with Gasteiger partial charge in [-0.3, -0.25) is 0 Å². The number of nitriles is 1.